The number of anilines is 3. The Morgan fingerprint density at radius 2 is 1.97 bits per heavy atom. The molecule has 2 N–H and O–H groups in total. The smallest absolute Gasteiger partial charge is 0.415 e. The number of pyridine rings is 1. The van der Waals surface area contributed by atoms with Crippen molar-refractivity contribution in [2.45, 2.75) is 65.1 Å². The fourth-order valence-corrected chi connectivity index (χ4v) is 3.47. The molecule has 3 heterocycles. The molecule has 35 heavy (non-hydrogen) atoms. The molecule has 0 spiro atoms. The number of carbonyl (C=O) groups is 2. The first-order valence-electron chi connectivity index (χ1n) is 11.6. The number of ether oxygens (including phenoxy) is 1. The van der Waals surface area contributed by atoms with Gasteiger partial charge in [0.15, 0.2) is 5.65 Å². The predicted octanol–water partition coefficient (Wildman–Crippen LogP) is 3.48. The number of nitrogens with zero attached hydrogens (tertiary/aromatic N) is 5. The minimum Gasteiger partial charge on any atom is -0.443 e. The Labute approximate surface area is 203 Å². The lowest BCUT2D eigenvalue weighted by atomic mass is 10.2. The zero-order chi connectivity index (χ0) is 25.5. The third-order valence-corrected chi connectivity index (χ3v) is 5.41. The molecule has 0 atom stereocenters. The van der Waals surface area contributed by atoms with E-state index in [0.717, 1.165) is 12.8 Å². The largest absolute Gasteiger partial charge is 0.443 e. The number of hydrogen-bond donors (Lipinski definition) is 2. The molecule has 0 aromatic carbocycles. The van der Waals surface area contributed by atoms with Crippen LogP contribution < -0.4 is 21.1 Å². The molecule has 3 aromatic rings. The number of fused-ring (bicyclic) bond motifs is 1. The molecule has 1 saturated carbocycles. The zero-order valence-electron chi connectivity index (χ0n) is 20.8. The third-order valence-electron chi connectivity index (χ3n) is 5.41. The molecule has 1 fully saturated rings. The highest BCUT2D eigenvalue weighted by molar-refractivity contribution is 6.00. The van der Waals surface area contributed by atoms with Gasteiger partial charge in [0.25, 0.3) is 11.5 Å². The van der Waals surface area contributed by atoms with E-state index in [2.05, 4.69) is 20.7 Å². The zero-order valence-corrected chi connectivity index (χ0v) is 20.8. The van der Waals surface area contributed by atoms with Gasteiger partial charge in [-0.1, -0.05) is 0 Å². The summed E-state index contributed by atoms with van der Waals surface area (Å²) in [7, 11) is 1.55. The average molecular weight is 482 g/mol. The van der Waals surface area contributed by atoms with Crippen molar-refractivity contribution in [3.63, 3.8) is 0 Å². The van der Waals surface area contributed by atoms with Crippen LogP contribution in [0.3, 0.4) is 0 Å². The average Bonchev–Trinajstić information content (AvgIpc) is 3.47. The Kier molecular flexibility index (Phi) is 6.27. The highest BCUT2D eigenvalue weighted by Crippen LogP contribution is 2.26. The van der Waals surface area contributed by atoms with Gasteiger partial charge in [0, 0.05) is 31.4 Å². The SMILES string of the molecule is CC(C)n1cccc(Nc2cc(N(C)C(=O)OC(C)(C)C)n3ncc(C(=O)NC4CC4)c3n2)c1=O. The van der Waals surface area contributed by atoms with Gasteiger partial charge in [-0.25, -0.2) is 9.78 Å². The Morgan fingerprint density at radius 1 is 1.26 bits per heavy atom. The van der Waals surface area contributed by atoms with Crippen LogP contribution in [0.1, 0.15) is 63.9 Å². The van der Waals surface area contributed by atoms with Gasteiger partial charge in [-0.3, -0.25) is 14.5 Å². The van der Waals surface area contributed by atoms with Crippen molar-refractivity contribution >= 4 is 35.0 Å². The van der Waals surface area contributed by atoms with Crippen molar-refractivity contribution in [2.75, 3.05) is 17.3 Å². The molecule has 2 amide bonds. The van der Waals surface area contributed by atoms with E-state index < -0.39 is 11.7 Å². The second-order valence-corrected chi connectivity index (χ2v) is 9.93. The standard InChI is InChI=1S/C24H31N7O4/c1-14(2)30-11-7-8-17(22(30)33)27-18-12-19(29(6)23(34)35-24(3,4)5)31-20(28-18)16(13-25-31)21(32)26-15-9-10-15/h7-8,11-15H,9-10H2,1-6H3,(H,26,32)(H,27,28). The van der Waals surface area contributed by atoms with E-state index in [1.165, 1.54) is 15.6 Å². The molecule has 1 aliphatic rings. The molecule has 0 bridgehead atoms. The number of carbonyl (C=O) groups excluding carboxylic acids is 2. The van der Waals surface area contributed by atoms with Gasteiger partial charge in [0.2, 0.25) is 0 Å². The van der Waals surface area contributed by atoms with Gasteiger partial charge >= 0.3 is 6.09 Å². The van der Waals surface area contributed by atoms with E-state index in [1.54, 1.807) is 56.8 Å². The maximum Gasteiger partial charge on any atom is 0.415 e. The summed E-state index contributed by atoms with van der Waals surface area (Å²) in [5.41, 5.74) is -0.0891. The first kappa shape index (κ1) is 24.2. The van der Waals surface area contributed by atoms with Gasteiger partial charge in [0.05, 0.1) is 6.20 Å². The Bertz CT molecular complexity index is 1330. The summed E-state index contributed by atoms with van der Waals surface area (Å²) in [5.74, 6) is 0.305. The van der Waals surface area contributed by atoms with Crippen LogP contribution in [0.15, 0.2) is 35.4 Å². The molecule has 0 aliphatic heterocycles. The summed E-state index contributed by atoms with van der Waals surface area (Å²) in [4.78, 5) is 44.4. The van der Waals surface area contributed by atoms with Gasteiger partial charge < -0.3 is 19.9 Å². The Hall–Kier alpha value is -3.89. The Morgan fingerprint density at radius 3 is 2.60 bits per heavy atom. The van der Waals surface area contributed by atoms with Crippen molar-refractivity contribution in [2.24, 2.45) is 0 Å². The van der Waals surface area contributed by atoms with E-state index in [-0.39, 0.29) is 40.6 Å². The Balaban J connectivity index is 1.80. The summed E-state index contributed by atoms with van der Waals surface area (Å²) < 4.78 is 8.52. The highest BCUT2D eigenvalue weighted by atomic mass is 16.6. The summed E-state index contributed by atoms with van der Waals surface area (Å²) in [6.07, 6.45) is 4.41. The van der Waals surface area contributed by atoms with Crippen LogP contribution in [0.5, 0.6) is 0 Å². The van der Waals surface area contributed by atoms with Crippen molar-refractivity contribution in [3.05, 3.63) is 46.5 Å². The maximum absolute atomic E-state index is 12.9. The second kappa shape index (κ2) is 9.05. The van der Waals surface area contributed by atoms with Crippen LogP contribution in [0.2, 0.25) is 0 Å². The molecule has 0 radical (unpaired) electrons. The molecule has 3 aromatic heterocycles. The second-order valence-electron chi connectivity index (χ2n) is 9.93. The van der Waals surface area contributed by atoms with Crippen LogP contribution >= 0.6 is 0 Å². The summed E-state index contributed by atoms with van der Waals surface area (Å²) >= 11 is 0. The number of amides is 2. The topological polar surface area (TPSA) is 123 Å². The van der Waals surface area contributed by atoms with Gasteiger partial charge in [0.1, 0.15) is 28.5 Å². The summed E-state index contributed by atoms with van der Waals surface area (Å²) in [6.45, 7) is 9.16. The molecule has 4 rings (SSSR count). The van der Waals surface area contributed by atoms with E-state index in [9.17, 15) is 14.4 Å². The van der Waals surface area contributed by atoms with Crippen molar-refractivity contribution in [3.8, 4) is 0 Å². The van der Waals surface area contributed by atoms with Crippen LogP contribution in [0.25, 0.3) is 5.65 Å². The quantitative estimate of drug-likeness (QED) is 0.552. The van der Waals surface area contributed by atoms with E-state index in [0.29, 0.717) is 11.5 Å². The number of nitrogens with one attached hydrogen (secondary N) is 2. The number of rotatable bonds is 6. The van der Waals surface area contributed by atoms with Crippen LogP contribution in [-0.2, 0) is 4.74 Å². The van der Waals surface area contributed by atoms with E-state index in [4.69, 9.17) is 4.74 Å². The highest BCUT2D eigenvalue weighted by Gasteiger charge is 2.28. The van der Waals surface area contributed by atoms with Crippen molar-refractivity contribution in [1.82, 2.24) is 24.5 Å². The normalized spacial score (nSPS) is 13.7. The summed E-state index contributed by atoms with van der Waals surface area (Å²) in [6, 6.07) is 5.13. The predicted molar refractivity (Wildman–Crippen MR) is 132 cm³/mol. The van der Waals surface area contributed by atoms with Crippen molar-refractivity contribution < 1.29 is 14.3 Å². The molecule has 11 nitrogen and oxygen atoms in total. The first-order valence-corrected chi connectivity index (χ1v) is 11.6. The fraction of sp³-hybridized carbons (Fsp3) is 0.458. The van der Waals surface area contributed by atoms with Crippen LogP contribution in [0.4, 0.5) is 22.1 Å². The third kappa shape index (κ3) is 5.28. The lowest BCUT2D eigenvalue weighted by molar-refractivity contribution is 0.0587. The molecule has 1 aliphatic carbocycles. The molecular formula is C24H31N7O4. The minimum atomic E-state index is -0.704. The first-order chi connectivity index (χ1) is 16.4. The summed E-state index contributed by atoms with van der Waals surface area (Å²) in [5, 5.41) is 10.3. The molecule has 0 saturated heterocycles. The van der Waals surface area contributed by atoms with Gasteiger partial charge in [-0.05, 0) is 59.6 Å². The number of hydrogen-bond acceptors (Lipinski definition) is 7. The lowest BCUT2D eigenvalue weighted by Crippen LogP contribution is -2.35. The molecule has 0 unspecified atom stereocenters. The van der Waals surface area contributed by atoms with Crippen LogP contribution in [0, 0.1) is 0 Å². The number of aromatic nitrogens is 4. The van der Waals surface area contributed by atoms with E-state index >= 15 is 0 Å². The maximum atomic E-state index is 12.9. The molecule has 186 valence electrons. The minimum absolute atomic E-state index is 0.0268. The molecular weight excluding hydrogens is 450 g/mol. The lowest BCUT2D eigenvalue weighted by Gasteiger charge is -2.25. The van der Waals surface area contributed by atoms with Gasteiger partial charge in [-0.15, -0.1) is 0 Å². The van der Waals surface area contributed by atoms with Crippen molar-refractivity contribution in [1.29, 1.82) is 0 Å². The fourth-order valence-electron chi connectivity index (χ4n) is 3.47. The van der Waals surface area contributed by atoms with Crippen LogP contribution in [-0.4, -0.2) is 49.9 Å². The molecule has 11 heteroatoms. The van der Waals surface area contributed by atoms with E-state index in [1.807, 2.05) is 13.8 Å². The van der Waals surface area contributed by atoms with Gasteiger partial charge in [-0.2, -0.15) is 9.61 Å². The monoisotopic (exact) mass is 481 g/mol.